The third-order valence-electron chi connectivity index (χ3n) is 2.70. The number of ether oxygens (including phenoxy) is 1. The first kappa shape index (κ1) is 12.1. The molecule has 1 aliphatic heterocycles. The highest BCUT2D eigenvalue weighted by Crippen LogP contribution is 2.24. The van der Waals surface area contributed by atoms with Gasteiger partial charge in [-0.3, -0.25) is 9.59 Å². The van der Waals surface area contributed by atoms with Crippen molar-refractivity contribution >= 4 is 29.4 Å². The van der Waals surface area contributed by atoms with Crippen LogP contribution in [0.1, 0.15) is 10.4 Å². The highest BCUT2D eigenvalue weighted by atomic mass is 35.5. The van der Waals surface area contributed by atoms with Crippen LogP contribution in [0, 0.1) is 0 Å². The Bertz CT molecular complexity index is 441. The van der Waals surface area contributed by atoms with Crippen LogP contribution < -0.4 is 4.90 Å². The maximum absolute atomic E-state index is 11.4. The van der Waals surface area contributed by atoms with Crippen molar-refractivity contribution in [1.29, 1.82) is 0 Å². The molecule has 0 amide bonds. The summed E-state index contributed by atoms with van der Waals surface area (Å²) >= 11 is 5.89. The first-order chi connectivity index (χ1) is 8.22. The summed E-state index contributed by atoms with van der Waals surface area (Å²) in [6, 6.07) is 5.14. The van der Waals surface area contributed by atoms with Crippen LogP contribution in [0.2, 0.25) is 5.02 Å². The predicted octanol–water partition coefficient (Wildman–Crippen LogP) is 1.56. The Morgan fingerprint density at radius 3 is 2.71 bits per heavy atom. The molecular weight excluding hydrogens is 242 g/mol. The fourth-order valence-corrected chi connectivity index (χ4v) is 1.99. The van der Waals surface area contributed by atoms with E-state index in [9.17, 15) is 9.59 Å². The van der Waals surface area contributed by atoms with Gasteiger partial charge in [0.2, 0.25) is 5.78 Å². The molecule has 1 aliphatic rings. The Morgan fingerprint density at radius 1 is 1.35 bits per heavy atom. The lowest BCUT2D eigenvalue weighted by molar-refractivity contribution is -0.104. The second-order valence-electron chi connectivity index (χ2n) is 3.75. The van der Waals surface area contributed by atoms with Gasteiger partial charge in [-0.25, -0.2) is 0 Å². The van der Waals surface area contributed by atoms with Crippen molar-refractivity contribution in [2.24, 2.45) is 0 Å². The zero-order chi connectivity index (χ0) is 12.3. The number of nitrogens with zero attached hydrogens (tertiary/aromatic N) is 1. The second kappa shape index (κ2) is 5.29. The Kier molecular flexibility index (Phi) is 3.76. The van der Waals surface area contributed by atoms with E-state index in [2.05, 4.69) is 4.90 Å². The van der Waals surface area contributed by atoms with Gasteiger partial charge in [0.25, 0.3) is 0 Å². The normalized spacial score (nSPS) is 15.7. The van der Waals surface area contributed by atoms with E-state index >= 15 is 0 Å². The van der Waals surface area contributed by atoms with E-state index in [-0.39, 0.29) is 11.8 Å². The van der Waals surface area contributed by atoms with Crippen molar-refractivity contribution in [3.05, 3.63) is 28.8 Å². The van der Waals surface area contributed by atoms with Crippen LogP contribution in [0.15, 0.2) is 18.2 Å². The molecule has 0 saturated carbocycles. The standard InChI is InChI=1S/C12H12ClNO3/c13-11-2-1-9(7-10(11)12(16)8-15)14-3-5-17-6-4-14/h1-2,7-8H,3-6H2. The zero-order valence-corrected chi connectivity index (χ0v) is 9.94. The van der Waals surface area contributed by atoms with Crippen LogP contribution >= 0.6 is 11.6 Å². The van der Waals surface area contributed by atoms with E-state index in [1.54, 1.807) is 12.1 Å². The van der Waals surface area contributed by atoms with E-state index < -0.39 is 5.78 Å². The monoisotopic (exact) mass is 253 g/mol. The van der Waals surface area contributed by atoms with Gasteiger partial charge < -0.3 is 9.64 Å². The van der Waals surface area contributed by atoms with Crippen molar-refractivity contribution in [3.8, 4) is 0 Å². The molecule has 0 bridgehead atoms. The van der Waals surface area contributed by atoms with E-state index in [4.69, 9.17) is 16.3 Å². The Labute approximate surface area is 104 Å². The van der Waals surface area contributed by atoms with Crippen molar-refractivity contribution < 1.29 is 14.3 Å². The average molecular weight is 254 g/mol. The largest absolute Gasteiger partial charge is 0.378 e. The maximum Gasteiger partial charge on any atom is 0.226 e. The van der Waals surface area contributed by atoms with Gasteiger partial charge in [0.15, 0.2) is 6.29 Å². The van der Waals surface area contributed by atoms with Crippen LogP contribution in [0.25, 0.3) is 0 Å². The molecule has 1 aromatic rings. The minimum Gasteiger partial charge on any atom is -0.378 e. The van der Waals surface area contributed by atoms with Gasteiger partial charge in [-0.1, -0.05) is 11.6 Å². The number of carbonyl (C=O) groups excluding carboxylic acids is 2. The molecule has 0 N–H and O–H groups in total. The fourth-order valence-electron chi connectivity index (χ4n) is 1.78. The molecule has 17 heavy (non-hydrogen) atoms. The van der Waals surface area contributed by atoms with Crippen molar-refractivity contribution in [3.63, 3.8) is 0 Å². The van der Waals surface area contributed by atoms with Gasteiger partial charge >= 0.3 is 0 Å². The van der Waals surface area contributed by atoms with Crippen LogP contribution in [0.3, 0.4) is 0 Å². The quantitative estimate of drug-likeness (QED) is 0.466. The summed E-state index contributed by atoms with van der Waals surface area (Å²) < 4.78 is 5.25. The number of benzene rings is 1. The Hall–Kier alpha value is -1.39. The van der Waals surface area contributed by atoms with E-state index in [1.807, 2.05) is 6.07 Å². The van der Waals surface area contributed by atoms with E-state index in [1.165, 1.54) is 0 Å². The Balaban J connectivity index is 2.29. The smallest absolute Gasteiger partial charge is 0.226 e. The maximum atomic E-state index is 11.4. The summed E-state index contributed by atoms with van der Waals surface area (Å²) in [5, 5.41) is 0.305. The Morgan fingerprint density at radius 2 is 2.06 bits per heavy atom. The number of rotatable bonds is 3. The topological polar surface area (TPSA) is 46.6 Å². The fraction of sp³-hybridized carbons (Fsp3) is 0.333. The van der Waals surface area contributed by atoms with Gasteiger partial charge in [-0.05, 0) is 18.2 Å². The number of hydrogen-bond donors (Lipinski definition) is 0. The molecular formula is C12H12ClNO3. The number of Topliss-reactive ketones (excluding diaryl/α,β-unsaturated/α-hetero) is 1. The molecule has 0 aromatic heterocycles. The molecule has 5 heteroatoms. The number of carbonyl (C=O) groups is 2. The van der Waals surface area contributed by atoms with Crippen LogP contribution in [0.4, 0.5) is 5.69 Å². The number of hydrogen-bond acceptors (Lipinski definition) is 4. The molecule has 1 aromatic carbocycles. The number of anilines is 1. The van der Waals surface area contributed by atoms with Crippen molar-refractivity contribution in [1.82, 2.24) is 0 Å². The van der Waals surface area contributed by atoms with Crippen LogP contribution in [0.5, 0.6) is 0 Å². The number of halogens is 1. The summed E-state index contributed by atoms with van der Waals surface area (Å²) in [4.78, 5) is 24.0. The molecule has 0 atom stereocenters. The molecule has 0 radical (unpaired) electrons. The van der Waals surface area contributed by atoms with E-state index in [0.717, 1.165) is 18.8 Å². The lowest BCUT2D eigenvalue weighted by Crippen LogP contribution is -2.36. The third-order valence-corrected chi connectivity index (χ3v) is 3.03. The van der Waals surface area contributed by atoms with Crippen molar-refractivity contribution in [2.45, 2.75) is 0 Å². The zero-order valence-electron chi connectivity index (χ0n) is 9.19. The molecule has 1 heterocycles. The van der Waals surface area contributed by atoms with Gasteiger partial charge in [0.05, 0.1) is 18.2 Å². The molecule has 90 valence electrons. The first-order valence-corrected chi connectivity index (χ1v) is 5.72. The molecule has 0 unspecified atom stereocenters. The lowest BCUT2D eigenvalue weighted by atomic mass is 10.1. The molecule has 1 saturated heterocycles. The van der Waals surface area contributed by atoms with Crippen LogP contribution in [-0.2, 0) is 9.53 Å². The third kappa shape index (κ3) is 2.65. The summed E-state index contributed by atoms with van der Waals surface area (Å²) in [6.45, 7) is 2.88. The highest BCUT2D eigenvalue weighted by molar-refractivity contribution is 6.41. The van der Waals surface area contributed by atoms with E-state index in [0.29, 0.717) is 18.2 Å². The number of morpholine rings is 1. The van der Waals surface area contributed by atoms with Gasteiger partial charge in [-0.15, -0.1) is 0 Å². The average Bonchev–Trinajstić information content (AvgIpc) is 2.39. The van der Waals surface area contributed by atoms with Crippen molar-refractivity contribution in [2.75, 3.05) is 31.2 Å². The van der Waals surface area contributed by atoms with Gasteiger partial charge in [-0.2, -0.15) is 0 Å². The number of aldehydes is 1. The molecule has 0 spiro atoms. The molecule has 1 fully saturated rings. The summed E-state index contributed by atoms with van der Waals surface area (Å²) in [6.07, 6.45) is 0.282. The number of ketones is 1. The second-order valence-corrected chi connectivity index (χ2v) is 4.15. The van der Waals surface area contributed by atoms with Gasteiger partial charge in [0.1, 0.15) is 0 Å². The van der Waals surface area contributed by atoms with Crippen LogP contribution in [-0.4, -0.2) is 38.4 Å². The SMILES string of the molecule is O=CC(=O)c1cc(N2CCOCC2)ccc1Cl. The predicted molar refractivity (Wildman–Crippen MR) is 64.9 cm³/mol. The molecule has 0 aliphatic carbocycles. The summed E-state index contributed by atoms with van der Waals surface area (Å²) in [5.74, 6) is -0.592. The summed E-state index contributed by atoms with van der Waals surface area (Å²) in [7, 11) is 0. The summed E-state index contributed by atoms with van der Waals surface area (Å²) in [5.41, 5.74) is 1.15. The molecule has 4 nitrogen and oxygen atoms in total. The first-order valence-electron chi connectivity index (χ1n) is 5.34. The van der Waals surface area contributed by atoms with Gasteiger partial charge in [0, 0.05) is 24.3 Å². The minimum atomic E-state index is -0.592. The highest BCUT2D eigenvalue weighted by Gasteiger charge is 2.15. The molecule has 2 rings (SSSR count). The minimum absolute atomic E-state index is 0.255. The lowest BCUT2D eigenvalue weighted by Gasteiger charge is -2.29.